The second kappa shape index (κ2) is 1.49. The highest BCUT2D eigenvalue weighted by Crippen LogP contribution is 1.62. The first-order chi connectivity index (χ1) is 1.73. The Balaban J connectivity index is 2.32. The summed E-state index contributed by atoms with van der Waals surface area (Å²) in [5, 5.41) is 0. The van der Waals surface area contributed by atoms with Gasteiger partial charge in [0.25, 0.3) is 9.04 Å². The minimum atomic E-state index is -1.13. The fraction of sp³-hybridized carbons (Fsp3) is 1.00. The van der Waals surface area contributed by atoms with Crippen molar-refractivity contribution in [3.05, 3.63) is 0 Å². The maximum Gasteiger partial charge on any atom is 0.253 e. The molecule has 2 radical (unpaired) electrons. The molecule has 0 spiro atoms. The van der Waals surface area contributed by atoms with Crippen molar-refractivity contribution in [1.29, 1.82) is 0 Å². The molecule has 0 aromatic carbocycles. The smallest absolute Gasteiger partial charge is 0.253 e. The van der Waals surface area contributed by atoms with Gasteiger partial charge in [-0.1, -0.05) is 0 Å². The molecule has 0 amide bonds. The fourth-order valence-electron chi connectivity index (χ4n) is 0. The summed E-state index contributed by atoms with van der Waals surface area (Å²) in [5.41, 5.74) is 0. The Morgan fingerprint density at radius 3 is 1.50 bits per heavy atom. The summed E-state index contributed by atoms with van der Waals surface area (Å²) in [4.78, 5) is 9.63. The van der Waals surface area contributed by atoms with E-state index in [0.29, 0.717) is 0 Å². The van der Waals surface area contributed by atoms with Crippen LogP contribution in [0.5, 0.6) is 0 Å². The second-order valence-corrected chi connectivity index (χ2v) is 2.72. The van der Waals surface area contributed by atoms with Crippen LogP contribution in [0.1, 0.15) is 0 Å². The largest absolute Gasteiger partial charge is 0.299 e. The monoisotopic (exact) mass is 74.0 g/mol. The van der Waals surface area contributed by atoms with E-state index in [1.54, 1.807) is 13.1 Å². The van der Waals surface area contributed by atoms with Crippen LogP contribution in [0.25, 0.3) is 0 Å². The third-order valence-corrected chi connectivity index (χ3v) is 0. The molecule has 0 heterocycles. The molecule has 24 valence electrons. The Bertz CT molecular complexity index is 10.8. The molecular formula is C2H6OSi. The molecule has 0 aromatic rings. The zero-order chi connectivity index (χ0) is 3.58. The lowest BCUT2D eigenvalue weighted by Gasteiger charge is -1.68. The minimum Gasteiger partial charge on any atom is -0.299 e. The van der Waals surface area contributed by atoms with Crippen LogP contribution in [0.4, 0.5) is 0 Å². The third kappa shape index (κ3) is 96.4. The summed E-state index contributed by atoms with van der Waals surface area (Å²) in [6, 6.07) is 0. The summed E-state index contributed by atoms with van der Waals surface area (Å²) >= 11 is 0. The molecule has 1 nitrogen and oxygen atoms in total. The molecule has 0 N–H and O–H groups in total. The Hall–Kier alpha value is 0.177. The first-order valence-corrected chi connectivity index (χ1v) is 3.61. The Morgan fingerprint density at radius 2 is 1.50 bits per heavy atom. The van der Waals surface area contributed by atoms with Crippen molar-refractivity contribution in [2.45, 2.75) is 13.1 Å². The van der Waals surface area contributed by atoms with Crippen LogP contribution in [-0.2, 0) is 4.80 Å². The van der Waals surface area contributed by atoms with Gasteiger partial charge >= 0.3 is 0 Å². The van der Waals surface area contributed by atoms with Crippen LogP contribution >= 0.6 is 0 Å². The first-order valence-electron chi connectivity index (χ1n) is 1.20. The maximum absolute atomic E-state index is 9.63. The van der Waals surface area contributed by atoms with Gasteiger partial charge in [-0.25, -0.2) is 0 Å². The topological polar surface area (TPSA) is 19.9 Å². The maximum atomic E-state index is 9.63. The third-order valence-electron chi connectivity index (χ3n) is 0. The van der Waals surface area contributed by atoms with Crippen molar-refractivity contribution < 1.29 is 4.80 Å². The van der Waals surface area contributed by atoms with E-state index in [-0.39, 0.29) is 0 Å². The van der Waals surface area contributed by atoms with Crippen LogP contribution in [0, 0.1) is 0 Å². The average molecular weight is 74.2 g/mol. The van der Waals surface area contributed by atoms with Crippen molar-refractivity contribution >= 4 is 9.04 Å². The molecule has 0 saturated heterocycles. The molecule has 0 atom stereocenters. The summed E-state index contributed by atoms with van der Waals surface area (Å²) in [6.07, 6.45) is 0. The van der Waals surface area contributed by atoms with Gasteiger partial charge in [0, 0.05) is 0 Å². The van der Waals surface area contributed by atoms with E-state index in [0.717, 1.165) is 0 Å². The van der Waals surface area contributed by atoms with Gasteiger partial charge in [-0.2, -0.15) is 0 Å². The molecule has 0 unspecified atom stereocenters. The lowest BCUT2D eigenvalue weighted by molar-refractivity contribution is 0.460. The lowest BCUT2D eigenvalue weighted by atomic mass is 11.9. The van der Waals surface area contributed by atoms with Crippen molar-refractivity contribution in [2.75, 3.05) is 0 Å². The van der Waals surface area contributed by atoms with Crippen LogP contribution in [-0.4, -0.2) is 9.04 Å². The van der Waals surface area contributed by atoms with Crippen LogP contribution in [0.3, 0.4) is 0 Å². The van der Waals surface area contributed by atoms with Gasteiger partial charge in [0.1, 0.15) is 0 Å². The highest BCUT2D eigenvalue weighted by atomic mass is 28.3. The van der Waals surface area contributed by atoms with E-state index < -0.39 is 9.04 Å². The van der Waals surface area contributed by atoms with E-state index in [2.05, 4.69) is 0 Å². The molecule has 0 aliphatic rings. The normalized spacial score (nSPS) is 9.00. The standard InChI is InChI=1S/C2H6OSi/c1-4(2)3/h1-2H3. The lowest BCUT2D eigenvalue weighted by Crippen LogP contribution is -1.89. The van der Waals surface area contributed by atoms with E-state index in [1.807, 2.05) is 0 Å². The molecular weight excluding hydrogens is 68.1 g/mol. The van der Waals surface area contributed by atoms with Crippen LogP contribution in [0.2, 0.25) is 13.1 Å². The van der Waals surface area contributed by atoms with Gasteiger partial charge in [0.05, 0.1) is 0 Å². The Morgan fingerprint density at radius 1 is 1.50 bits per heavy atom. The molecule has 0 aliphatic carbocycles. The number of hydrogen-bond acceptors (Lipinski definition) is 0. The highest BCUT2D eigenvalue weighted by molar-refractivity contribution is 6.46. The summed E-state index contributed by atoms with van der Waals surface area (Å²) < 4.78 is 0. The van der Waals surface area contributed by atoms with Crippen molar-refractivity contribution in [2.24, 2.45) is 0 Å². The van der Waals surface area contributed by atoms with Gasteiger partial charge in [-0.15, -0.1) is 0 Å². The van der Waals surface area contributed by atoms with E-state index >= 15 is 0 Å². The zero-order valence-corrected chi connectivity index (χ0v) is 3.91. The predicted molar refractivity (Wildman–Crippen MR) is 18.2 cm³/mol. The van der Waals surface area contributed by atoms with Crippen molar-refractivity contribution in [1.82, 2.24) is 0 Å². The zero-order valence-electron chi connectivity index (χ0n) is 2.91. The van der Waals surface area contributed by atoms with Crippen molar-refractivity contribution in [3.63, 3.8) is 0 Å². The predicted octanol–water partition coefficient (Wildman–Crippen LogP) is 0.668. The molecule has 0 aliphatic heterocycles. The molecule has 0 rings (SSSR count). The summed E-state index contributed by atoms with van der Waals surface area (Å²) in [6.45, 7) is 3.43. The Labute approximate surface area is 28.0 Å². The van der Waals surface area contributed by atoms with Gasteiger partial charge in [-0.3, -0.25) is 4.80 Å². The second-order valence-electron chi connectivity index (χ2n) is 0.908. The van der Waals surface area contributed by atoms with Crippen LogP contribution in [0.15, 0.2) is 0 Å². The number of hydrogen-bond donors (Lipinski definition) is 0. The number of rotatable bonds is 0. The Kier molecular flexibility index (Phi) is 1.56. The fourth-order valence-corrected chi connectivity index (χ4v) is 0. The molecule has 0 bridgehead atoms. The van der Waals surface area contributed by atoms with E-state index in [1.165, 1.54) is 0 Å². The van der Waals surface area contributed by atoms with E-state index in [4.69, 9.17) is 0 Å². The van der Waals surface area contributed by atoms with E-state index in [9.17, 15) is 4.80 Å². The molecule has 0 aromatic heterocycles. The highest BCUT2D eigenvalue weighted by Gasteiger charge is 1.81. The SMILES string of the molecule is C[Si](C)[O]. The molecule has 4 heavy (non-hydrogen) atoms. The average Bonchev–Trinajstić information content (AvgIpc) is 0.811. The molecule has 0 saturated carbocycles. The molecule has 0 fully saturated rings. The quantitative estimate of drug-likeness (QED) is 0.376. The molecule has 2 heteroatoms. The first kappa shape index (κ1) is 4.18. The summed E-state index contributed by atoms with van der Waals surface area (Å²) in [5.74, 6) is 0. The minimum absolute atomic E-state index is 1.13. The van der Waals surface area contributed by atoms with Crippen LogP contribution < -0.4 is 0 Å². The van der Waals surface area contributed by atoms with Gasteiger partial charge < -0.3 is 0 Å². The van der Waals surface area contributed by atoms with Gasteiger partial charge in [0.15, 0.2) is 0 Å². The van der Waals surface area contributed by atoms with Gasteiger partial charge in [-0.05, 0) is 13.1 Å². The van der Waals surface area contributed by atoms with Gasteiger partial charge in [0.2, 0.25) is 0 Å². The summed E-state index contributed by atoms with van der Waals surface area (Å²) in [7, 11) is -1.13. The van der Waals surface area contributed by atoms with Crippen molar-refractivity contribution in [3.8, 4) is 0 Å².